The Kier molecular flexibility index (Phi) is 23.8. The van der Waals surface area contributed by atoms with E-state index in [-0.39, 0.29) is 108 Å². The minimum absolute atomic E-state index is 0. The van der Waals surface area contributed by atoms with Gasteiger partial charge < -0.3 is 7.59 Å². The van der Waals surface area contributed by atoms with Crippen LogP contribution in [-0.4, -0.2) is 11.9 Å². The van der Waals surface area contributed by atoms with E-state index < -0.39 is 0 Å². The molecule has 2 unspecified atom stereocenters. The van der Waals surface area contributed by atoms with E-state index in [1.165, 1.54) is 0 Å². The molecule has 0 saturated heterocycles. The van der Waals surface area contributed by atoms with Crippen molar-refractivity contribution >= 4 is 11.9 Å². The van der Waals surface area contributed by atoms with Crippen LogP contribution in [0.25, 0.3) is 0 Å². The first kappa shape index (κ1) is 27.6. The predicted molar refractivity (Wildman–Crippen MR) is 79.9 cm³/mol. The number of hydrogen-bond acceptors (Lipinski definition) is 3. The molecule has 0 aliphatic heterocycles. The van der Waals surface area contributed by atoms with Gasteiger partial charge in [-0.25, -0.2) is 0 Å². The number of carbonyl (C=O) groups is 2. The molecular weight excluding hydrogens is 302 g/mol. The van der Waals surface area contributed by atoms with Gasteiger partial charge in [-0.1, -0.05) is 53.4 Å². The van der Waals surface area contributed by atoms with Crippen LogP contribution in [0.1, 0.15) is 81.9 Å². The summed E-state index contributed by atoms with van der Waals surface area (Å²) in [5, 5.41) is 0. The Morgan fingerprint density at radius 2 is 1.19 bits per heavy atom. The third-order valence-corrected chi connectivity index (χ3v) is 3.67. The Morgan fingerprint density at radius 1 is 0.857 bits per heavy atom. The fourth-order valence-corrected chi connectivity index (χ4v) is 2.14. The van der Waals surface area contributed by atoms with Crippen molar-refractivity contribution in [1.29, 1.82) is 0 Å². The van der Waals surface area contributed by atoms with Gasteiger partial charge in [0, 0.05) is 0 Å². The zero-order valence-corrected chi connectivity index (χ0v) is 20.2. The van der Waals surface area contributed by atoms with E-state index in [2.05, 4.69) is 13.8 Å². The molecule has 0 radical (unpaired) electrons. The monoisotopic (exact) mass is 334 g/mol. The second-order valence-electron chi connectivity index (χ2n) is 5.23. The number of esters is 2. The maximum Gasteiger partial charge on any atom is 1.00 e. The molecule has 116 valence electrons. The van der Waals surface area contributed by atoms with Crippen molar-refractivity contribution in [3.8, 4) is 0 Å². The molecule has 2 atom stereocenters. The summed E-state index contributed by atoms with van der Waals surface area (Å²) in [6.45, 7) is 8.14. The van der Waals surface area contributed by atoms with E-state index in [4.69, 9.17) is 4.74 Å². The maximum absolute atomic E-state index is 11.9. The molecule has 0 bridgehead atoms. The van der Waals surface area contributed by atoms with Gasteiger partial charge in [-0.15, -0.1) is 0 Å². The molecule has 0 spiro atoms. The summed E-state index contributed by atoms with van der Waals surface area (Å²) in [7, 11) is 0. The minimum Gasteiger partial charge on any atom is -1.00 e. The van der Waals surface area contributed by atoms with Crippen molar-refractivity contribution in [2.75, 3.05) is 0 Å². The molecule has 5 heteroatoms. The number of carbonyl (C=O) groups excluding carboxylic acids is 2. The normalized spacial score (nSPS) is 12.6. The first-order valence-electron chi connectivity index (χ1n) is 7.86. The van der Waals surface area contributed by atoms with Crippen molar-refractivity contribution in [1.82, 2.24) is 0 Å². The SMILES string of the molecule is CCCCC(CC)C(=O)OC(=O)C(CC)CCCC.[H-].[H-].[K+].[Na+]. The molecule has 0 aromatic rings. The quantitative estimate of drug-likeness (QED) is 0.284. The summed E-state index contributed by atoms with van der Waals surface area (Å²) in [6.07, 6.45) is 7.28. The van der Waals surface area contributed by atoms with Crippen LogP contribution in [0.15, 0.2) is 0 Å². The van der Waals surface area contributed by atoms with E-state index in [0.717, 1.165) is 51.4 Å². The van der Waals surface area contributed by atoms with Crippen LogP contribution in [0.5, 0.6) is 0 Å². The molecule has 3 nitrogen and oxygen atoms in total. The minimum atomic E-state index is -0.323. The van der Waals surface area contributed by atoms with Crippen molar-refractivity contribution in [2.45, 2.75) is 79.1 Å². The van der Waals surface area contributed by atoms with Gasteiger partial charge in [-0.05, 0) is 25.7 Å². The average Bonchev–Trinajstić information content (AvgIpc) is 2.40. The smallest absolute Gasteiger partial charge is 1.00 e. The number of rotatable bonds is 10. The van der Waals surface area contributed by atoms with Crippen molar-refractivity contribution in [3.05, 3.63) is 0 Å². The third kappa shape index (κ3) is 12.8. The van der Waals surface area contributed by atoms with E-state index in [1.807, 2.05) is 13.8 Å². The predicted octanol–water partition coefficient (Wildman–Crippen LogP) is -1.28. The Balaban J connectivity index is -0.000000270. The van der Waals surface area contributed by atoms with Crippen molar-refractivity contribution in [2.24, 2.45) is 11.8 Å². The molecule has 0 aromatic carbocycles. The zero-order valence-electron chi connectivity index (χ0n) is 17.0. The van der Waals surface area contributed by atoms with Gasteiger partial charge >= 0.3 is 92.9 Å². The first-order valence-corrected chi connectivity index (χ1v) is 7.86. The summed E-state index contributed by atoms with van der Waals surface area (Å²) < 4.78 is 5.07. The summed E-state index contributed by atoms with van der Waals surface area (Å²) in [5.74, 6) is -0.882. The fourth-order valence-electron chi connectivity index (χ4n) is 2.14. The largest absolute Gasteiger partial charge is 1.00 e. The summed E-state index contributed by atoms with van der Waals surface area (Å²) >= 11 is 0. The van der Waals surface area contributed by atoms with E-state index in [9.17, 15) is 9.59 Å². The van der Waals surface area contributed by atoms with Gasteiger partial charge in [0.2, 0.25) is 0 Å². The van der Waals surface area contributed by atoms with Gasteiger partial charge in [-0.3, -0.25) is 9.59 Å². The summed E-state index contributed by atoms with van der Waals surface area (Å²) in [5.41, 5.74) is 0. The van der Waals surface area contributed by atoms with Crippen LogP contribution in [0.4, 0.5) is 0 Å². The average molecular weight is 335 g/mol. The van der Waals surface area contributed by atoms with Gasteiger partial charge in [-0.2, -0.15) is 0 Å². The van der Waals surface area contributed by atoms with Crippen LogP contribution in [0.3, 0.4) is 0 Å². The van der Waals surface area contributed by atoms with Crippen LogP contribution in [0.2, 0.25) is 0 Å². The molecular formula is C16H32KNaO3. The molecule has 0 saturated carbocycles. The molecule has 0 heterocycles. The van der Waals surface area contributed by atoms with Crippen LogP contribution in [0, 0.1) is 11.8 Å². The number of ether oxygens (including phenoxy) is 1. The van der Waals surface area contributed by atoms with E-state index >= 15 is 0 Å². The van der Waals surface area contributed by atoms with Crippen molar-refractivity contribution < 1.29 is 98.1 Å². The fraction of sp³-hybridized carbons (Fsp3) is 0.875. The van der Waals surface area contributed by atoms with Gasteiger partial charge in [0.1, 0.15) is 0 Å². The van der Waals surface area contributed by atoms with Gasteiger partial charge in [0.05, 0.1) is 11.8 Å². The Hall–Kier alpha value is 1.78. The second kappa shape index (κ2) is 18.1. The molecule has 0 aliphatic rings. The Morgan fingerprint density at radius 3 is 1.43 bits per heavy atom. The first-order chi connectivity index (χ1) is 9.10. The molecule has 0 aromatic heterocycles. The van der Waals surface area contributed by atoms with Crippen molar-refractivity contribution in [3.63, 3.8) is 0 Å². The number of hydrogen-bond donors (Lipinski definition) is 0. The van der Waals surface area contributed by atoms with Crippen LogP contribution in [-0.2, 0) is 14.3 Å². The third-order valence-electron chi connectivity index (χ3n) is 3.67. The van der Waals surface area contributed by atoms with Gasteiger partial charge in [0.15, 0.2) is 0 Å². The zero-order chi connectivity index (χ0) is 14.7. The number of unbranched alkanes of at least 4 members (excludes halogenated alkanes) is 2. The Labute approximate surface area is 198 Å². The standard InChI is InChI=1S/C16H30O3.K.Na.2H/c1-5-9-11-13(7-3)15(17)19-16(18)14(8-4)12-10-6-2;;;;/h13-14H,5-12H2,1-4H3;;;;/q;2*+1;2*-1. The summed E-state index contributed by atoms with van der Waals surface area (Å²) in [4.78, 5) is 23.9. The van der Waals surface area contributed by atoms with Crippen LogP contribution >= 0.6 is 0 Å². The van der Waals surface area contributed by atoms with E-state index in [1.54, 1.807) is 0 Å². The van der Waals surface area contributed by atoms with Gasteiger partial charge in [0.25, 0.3) is 0 Å². The molecule has 0 fully saturated rings. The molecule has 0 amide bonds. The molecule has 21 heavy (non-hydrogen) atoms. The second-order valence-corrected chi connectivity index (χ2v) is 5.23. The van der Waals surface area contributed by atoms with E-state index in [0.29, 0.717) is 0 Å². The molecule has 0 aliphatic carbocycles. The summed E-state index contributed by atoms with van der Waals surface area (Å²) in [6, 6.07) is 0. The molecule has 0 N–H and O–H groups in total. The maximum atomic E-state index is 11.9. The molecule has 0 rings (SSSR count). The Bertz CT molecular complexity index is 256. The van der Waals surface area contributed by atoms with Crippen LogP contribution < -0.4 is 80.9 Å². The topological polar surface area (TPSA) is 43.4 Å².